The second-order valence-corrected chi connectivity index (χ2v) is 6.34. The molecule has 2 aromatic rings. The molecule has 1 unspecified atom stereocenters. The Morgan fingerprint density at radius 1 is 1.13 bits per heavy atom. The number of nitriles is 1. The van der Waals surface area contributed by atoms with Crippen molar-refractivity contribution < 1.29 is 28.5 Å². The molecule has 1 aromatic carbocycles. The number of hydrogen-bond acceptors (Lipinski definition) is 7. The molecule has 30 heavy (non-hydrogen) atoms. The minimum absolute atomic E-state index is 0.184. The lowest BCUT2D eigenvalue weighted by molar-refractivity contribution is 0.0525. The number of nitrogens with one attached hydrogen (secondary N) is 2. The Morgan fingerprint density at radius 2 is 1.73 bits per heavy atom. The summed E-state index contributed by atoms with van der Waals surface area (Å²) in [6.45, 7) is 5.25. The molecule has 1 aromatic heterocycles. The summed E-state index contributed by atoms with van der Waals surface area (Å²) in [6.07, 6.45) is 0. The predicted molar refractivity (Wildman–Crippen MR) is 108 cm³/mol. The molecular formula is C21H25N3O6. The summed E-state index contributed by atoms with van der Waals surface area (Å²) in [4.78, 5) is 27.9. The number of nitrogens with zero attached hydrogens (tertiary/aromatic N) is 1. The summed E-state index contributed by atoms with van der Waals surface area (Å²) in [5.74, 6) is 0.0492. The van der Waals surface area contributed by atoms with E-state index in [9.17, 15) is 14.9 Å². The van der Waals surface area contributed by atoms with Gasteiger partial charge in [0.2, 0.25) is 5.75 Å². The second kappa shape index (κ2) is 9.69. The van der Waals surface area contributed by atoms with Gasteiger partial charge in [0.15, 0.2) is 11.5 Å². The number of H-pyrrole nitrogens is 1. The standard InChI is InChI=1S/C21H25N3O6/c1-7-30-21(26)17-11(2)18(23-12(17)3)20(25)24-14(10-22)13-8-15(27-4)19(29-6)16(9-13)28-5/h8-9,14,23H,7H2,1-6H3,(H,24,25). The van der Waals surface area contributed by atoms with Crippen LogP contribution in [0.25, 0.3) is 0 Å². The molecule has 0 bridgehead atoms. The molecule has 2 rings (SSSR count). The molecular weight excluding hydrogens is 390 g/mol. The van der Waals surface area contributed by atoms with Gasteiger partial charge in [-0.3, -0.25) is 4.79 Å². The number of aryl methyl sites for hydroxylation is 1. The Morgan fingerprint density at radius 3 is 2.20 bits per heavy atom. The molecule has 9 nitrogen and oxygen atoms in total. The number of carbonyl (C=O) groups is 2. The number of esters is 1. The molecule has 1 atom stereocenters. The maximum atomic E-state index is 12.9. The Hall–Kier alpha value is -3.67. The van der Waals surface area contributed by atoms with Gasteiger partial charge in [-0.15, -0.1) is 0 Å². The summed E-state index contributed by atoms with van der Waals surface area (Å²) >= 11 is 0. The zero-order valence-electron chi connectivity index (χ0n) is 17.8. The van der Waals surface area contributed by atoms with Crippen molar-refractivity contribution in [2.24, 2.45) is 0 Å². The lowest BCUT2D eigenvalue weighted by Gasteiger charge is -2.17. The maximum absolute atomic E-state index is 12.9. The Balaban J connectivity index is 2.38. The lowest BCUT2D eigenvalue weighted by atomic mass is 10.1. The summed E-state index contributed by atoms with van der Waals surface area (Å²) in [6, 6.07) is 4.23. The van der Waals surface area contributed by atoms with Crippen molar-refractivity contribution in [3.05, 3.63) is 40.2 Å². The van der Waals surface area contributed by atoms with Crippen LogP contribution in [0.2, 0.25) is 0 Å². The molecule has 0 saturated heterocycles. The van der Waals surface area contributed by atoms with E-state index < -0.39 is 17.9 Å². The van der Waals surface area contributed by atoms with E-state index >= 15 is 0 Å². The first-order chi connectivity index (χ1) is 14.3. The van der Waals surface area contributed by atoms with E-state index in [0.29, 0.717) is 39.6 Å². The third kappa shape index (κ3) is 4.33. The van der Waals surface area contributed by atoms with Crippen molar-refractivity contribution in [3.8, 4) is 23.3 Å². The fourth-order valence-electron chi connectivity index (χ4n) is 3.15. The van der Waals surface area contributed by atoms with E-state index in [-0.39, 0.29) is 12.3 Å². The van der Waals surface area contributed by atoms with Gasteiger partial charge in [0.25, 0.3) is 5.91 Å². The van der Waals surface area contributed by atoms with Crippen LogP contribution in [-0.4, -0.2) is 44.8 Å². The Bertz CT molecular complexity index is 964. The monoisotopic (exact) mass is 415 g/mol. The van der Waals surface area contributed by atoms with Crippen LogP contribution >= 0.6 is 0 Å². The van der Waals surface area contributed by atoms with Gasteiger partial charge in [-0.05, 0) is 44.0 Å². The quantitative estimate of drug-likeness (QED) is 0.636. The number of aromatic nitrogens is 1. The van der Waals surface area contributed by atoms with Crippen molar-refractivity contribution in [2.45, 2.75) is 26.8 Å². The van der Waals surface area contributed by atoms with E-state index in [0.717, 1.165) is 0 Å². The van der Waals surface area contributed by atoms with Crippen molar-refractivity contribution in [1.29, 1.82) is 5.26 Å². The van der Waals surface area contributed by atoms with Gasteiger partial charge in [0.05, 0.1) is 39.6 Å². The van der Waals surface area contributed by atoms with Crippen LogP contribution in [0.4, 0.5) is 0 Å². The number of methoxy groups -OCH3 is 3. The highest BCUT2D eigenvalue weighted by Gasteiger charge is 2.26. The lowest BCUT2D eigenvalue weighted by Crippen LogP contribution is -2.28. The molecule has 0 fully saturated rings. The van der Waals surface area contributed by atoms with Crippen molar-refractivity contribution in [3.63, 3.8) is 0 Å². The first-order valence-corrected chi connectivity index (χ1v) is 9.19. The zero-order chi connectivity index (χ0) is 22.4. The van der Waals surface area contributed by atoms with Gasteiger partial charge >= 0.3 is 5.97 Å². The summed E-state index contributed by atoms with van der Waals surface area (Å²) < 4.78 is 20.9. The van der Waals surface area contributed by atoms with Crippen molar-refractivity contribution in [1.82, 2.24) is 10.3 Å². The van der Waals surface area contributed by atoms with Crippen LogP contribution in [0.3, 0.4) is 0 Å². The molecule has 0 aliphatic heterocycles. The average molecular weight is 415 g/mol. The van der Waals surface area contributed by atoms with Gasteiger partial charge in [-0.25, -0.2) is 4.79 Å². The zero-order valence-corrected chi connectivity index (χ0v) is 17.8. The molecule has 0 spiro atoms. The number of benzene rings is 1. The van der Waals surface area contributed by atoms with Gasteiger partial charge in [0.1, 0.15) is 11.7 Å². The molecule has 0 radical (unpaired) electrons. The second-order valence-electron chi connectivity index (χ2n) is 6.34. The van der Waals surface area contributed by atoms with Crippen molar-refractivity contribution >= 4 is 11.9 Å². The maximum Gasteiger partial charge on any atom is 0.340 e. The van der Waals surface area contributed by atoms with E-state index in [4.69, 9.17) is 18.9 Å². The SMILES string of the molecule is CCOC(=O)c1c(C)[nH]c(C(=O)NC(C#N)c2cc(OC)c(OC)c(OC)c2)c1C. The number of rotatable bonds is 8. The number of ether oxygens (including phenoxy) is 4. The molecule has 2 N–H and O–H groups in total. The summed E-state index contributed by atoms with van der Waals surface area (Å²) in [5.41, 5.74) is 1.90. The third-order valence-corrected chi connectivity index (χ3v) is 4.57. The largest absolute Gasteiger partial charge is 0.493 e. The van der Waals surface area contributed by atoms with Gasteiger partial charge in [0, 0.05) is 5.69 Å². The van der Waals surface area contributed by atoms with E-state index in [2.05, 4.69) is 16.4 Å². The molecule has 160 valence electrons. The average Bonchev–Trinajstić information content (AvgIpc) is 3.04. The minimum Gasteiger partial charge on any atom is -0.493 e. The van der Waals surface area contributed by atoms with Crippen LogP contribution < -0.4 is 19.5 Å². The van der Waals surface area contributed by atoms with Gasteiger partial charge in [-0.2, -0.15) is 5.26 Å². The van der Waals surface area contributed by atoms with Crippen LogP contribution in [0.15, 0.2) is 12.1 Å². The summed E-state index contributed by atoms with van der Waals surface area (Å²) in [7, 11) is 4.40. The van der Waals surface area contributed by atoms with Crippen LogP contribution in [0, 0.1) is 25.2 Å². The first kappa shape index (κ1) is 22.6. The fourth-order valence-corrected chi connectivity index (χ4v) is 3.15. The highest BCUT2D eigenvalue weighted by Crippen LogP contribution is 2.39. The molecule has 1 amide bonds. The van der Waals surface area contributed by atoms with E-state index in [1.807, 2.05) is 0 Å². The van der Waals surface area contributed by atoms with E-state index in [1.54, 1.807) is 32.9 Å². The Kier molecular flexibility index (Phi) is 7.31. The van der Waals surface area contributed by atoms with Crippen molar-refractivity contribution in [2.75, 3.05) is 27.9 Å². The van der Waals surface area contributed by atoms with Crippen LogP contribution in [0.5, 0.6) is 17.2 Å². The fraction of sp³-hybridized carbons (Fsp3) is 0.381. The predicted octanol–water partition coefficient (Wildman–Crippen LogP) is 2.83. The molecule has 9 heteroatoms. The molecule has 1 heterocycles. The number of carbonyl (C=O) groups excluding carboxylic acids is 2. The van der Waals surface area contributed by atoms with Crippen LogP contribution in [0.1, 0.15) is 50.6 Å². The highest BCUT2D eigenvalue weighted by molar-refractivity contribution is 6.00. The van der Waals surface area contributed by atoms with Gasteiger partial charge in [-0.1, -0.05) is 0 Å². The Labute approximate surface area is 174 Å². The molecule has 0 aliphatic carbocycles. The number of aromatic amines is 1. The van der Waals surface area contributed by atoms with E-state index in [1.165, 1.54) is 21.3 Å². The van der Waals surface area contributed by atoms with Gasteiger partial charge < -0.3 is 29.2 Å². The smallest absolute Gasteiger partial charge is 0.340 e. The highest BCUT2D eigenvalue weighted by atomic mass is 16.5. The molecule has 0 aliphatic rings. The third-order valence-electron chi connectivity index (χ3n) is 4.57. The van der Waals surface area contributed by atoms with Crippen LogP contribution in [-0.2, 0) is 4.74 Å². The topological polar surface area (TPSA) is 123 Å². The number of hydrogen-bond donors (Lipinski definition) is 2. The summed E-state index contributed by atoms with van der Waals surface area (Å²) in [5, 5.41) is 12.3. The normalized spacial score (nSPS) is 11.2. The minimum atomic E-state index is -1.000. The first-order valence-electron chi connectivity index (χ1n) is 9.19. The molecule has 0 saturated carbocycles. The number of amides is 1.